The van der Waals surface area contributed by atoms with Gasteiger partial charge in [0.25, 0.3) is 0 Å². The van der Waals surface area contributed by atoms with Crippen LogP contribution in [-0.4, -0.2) is 6.98 Å². The second-order valence-electron chi connectivity index (χ2n) is 2.86. The minimum absolute atomic E-state index is 0. The quantitative estimate of drug-likeness (QED) is 0.267. The van der Waals surface area contributed by atoms with E-state index < -0.39 is 12.4 Å². The number of hydrogen-bond acceptors (Lipinski definition) is 2. The van der Waals surface area contributed by atoms with E-state index in [4.69, 9.17) is 5.53 Å². The van der Waals surface area contributed by atoms with E-state index in [0.29, 0.717) is 5.56 Å². The molecule has 0 saturated carbocycles. The summed E-state index contributed by atoms with van der Waals surface area (Å²) < 4.78 is 37.3. The second-order valence-corrected chi connectivity index (χ2v) is 3.17. The summed E-state index contributed by atoms with van der Waals surface area (Å²) in [6.45, 7) is -5.08. The summed E-state index contributed by atoms with van der Waals surface area (Å²) >= 11 is 3.87. The van der Waals surface area contributed by atoms with E-state index in [1.165, 1.54) is 6.07 Å². The molecule has 9 heteroatoms. The Bertz CT molecular complexity index is 420. The van der Waals surface area contributed by atoms with E-state index in [1.54, 1.807) is 0 Å². The van der Waals surface area contributed by atoms with E-state index in [1.807, 2.05) is 0 Å². The van der Waals surface area contributed by atoms with Crippen LogP contribution >= 0.6 is 12.6 Å². The molecule has 0 amide bonds. The number of azide groups is 1. The van der Waals surface area contributed by atoms with Crippen molar-refractivity contribution in [3.63, 3.8) is 0 Å². The first kappa shape index (κ1) is 16.4. The number of hydrogen-bond donors (Lipinski definition) is 1. The van der Waals surface area contributed by atoms with Crippen molar-refractivity contribution in [1.82, 2.24) is 0 Å². The van der Waals surface area contributed by atoms with Gasteiger partial charge in [-0.15, -0.1) is 5.46 Å². The Morgan fingerprint density at radius 2 is 1.94 bits per heavy atom. The van der Waals surface area contributed by atoms with Crippen molar-refractivity contribution in [2.24, 2.45) is 5.11 Å². The molecule has 0 saturated heterocycles. The maximum Gasteiger partial charge on any atom is 1.00 e. The Hall–Kier alpha value is 0.371. The monoisotopic (exact) mass is 271 g/mol. The average Bonchev–Trinajstić information content (AvgIpc) is 2.16. The fourth-order valence-electron chi connectivity index (χ4n) is 1.09. The second kappa shape index (κ2) is 6.95. The summed E-state index contributed by atoms with van der Waals surface area (Å²) in [4.78, 5) is 2.44. The summed E-state index contributed by atoms with van der Waals surface area (Å²) in [5.41, 5.74) is 7.70. The Morgan fingerprint density at radius 3 is 2.38 bits per heavy atom. The topological polar surface area (TPSA) is 48.8 Å². The minimum atomic E-state index is -5.08. The van der Waals surface area contributed by atoms with Gasteiger partial charge in [0.15, 0.2) is 0 Å². The number of halogens is 3. The summed E-state index contributed by atoms with van der Waals surface area (Å²) in [6.07, 6.45) is 0. The van der Waals surface area contributed by atoms with Gasteiger partial charge in [-0.3, -0.25) is 0 Å². The molecular formula is C7H6BF3KN3S. The molecule has 0 heterocycles. The van der Waals surface area contributed by atoms with Crippen molar-refractivity contribution in [3.05, 3.63) is 34.2 Å². The van der Waals surface area contributed by atoms with Crippen molar-refractivity contribution in [2.45, 2.75) is 5.75 Å². The molecule has 0 aliphatic heterocycles. The predicted octanol–water partition coefficient (Wildman–Crippen LogP) is 0.117. The standard InChI is InChI=1S/C7H6BF3N3S.K/c9-8(10,11)6-1-5(4-15)2-7(3-6)13-14-12;/h1-3,15H,4H2;/q-1;+1. The first-order valence-corrected chi connectivity index (χ1v) is 4.60. The number of thiol groups is 1. The van der Waals surface area contributed by atoms with Crippen molar-refractivity contribution in [2.75, 3.05) is 0 Å². The smallest absolute Gasteiger partial charge is 0.445 e. The Balaban J connectivity index is 0.00000225. The van der Waals surface area contributed by atoms with Crippen molar-refractivity contribution in [3.8, 4) is 0 Å². The van der Waals surface area contributed by atoms with Crippen LogP contribution in [0.5, 0.6) is 0 Å². The van der Waals surface area contributed by atoms with Gasteiger partial charge in [-0.1, -0.05) is 17.2 Å². The zero-order valence-corrected chi connectivity index (χ0v) is 12.5. The van der Waals surface area contributed by atoms with Crippen molar-refractivity contribution >= 4 is 30.8 Å². The van der Waals surface area contributed by atoms with E-state index in [-0.39, 0.29) is 62.8 Å². The Labute approximate surface area is 138 Å². The summed E-state index contributed by atoms with van der Waals surface area (Å²) in [5, 5.41) is 3.15. The third-order valence-electron chi connectivity index (χ3n) is 1.72. The van der Waals surface area contributed by atoms with Gasteiger partial charge in [-0.25, -0.2) is 0 Å². The van der Waals surface area contributed by atoms with Crippen LogP contribution < -0.4 is 56.8 Å². The predicted molar refractivity (Wildman–Crippen MR) is 56.7 cm³/mol. The molecule has 1 aromatic rings. The molecule has 0 aliphatic carbocycles. The molecule has 0 spiro atoms. The van der Waals surface area contributed by atoms with Gasteiger partial charge in [0.1, 0.15) is 0 Å². The number of rotatable bonds is 3. The summed E-state index contributed by atoms with van der Waals surface area (Å²) in [5.74, 6) is 0.161. The van der Waals surface area contributed by atoms with Gasteiger partial charge in [0, 0.05) is 16.4 Å². The largest absolute Gasteiger partial charge is 1.00 e. The molecule has 1 aromatic carbocycles. The van der Waals surface area contributed by atoms with Gasteiger partial charge in [-0.2, -0.15) is 12.6 Å². The van der Waals surface area contributed by atoms with Crippen molar-refractivity contribution in [1.29, 1.82) is 0 Å². The fourth-order valence-corrected chi connectivity index (χ4v) is 1.27. The van der Waals surface area contributed by atoms with Gasteiger partial charge in [-0.05, 0) is 17.2 Å². The molecule has 1 rings (SSSR count). The first-order chi connectivity index (χ1) is 6.97. The van der Waals surface area contributed by atoms with Crippen LogP contribution in [0.25, 0.3) is 10.4 Å². The van der Waals surface area contributed by atoms with Crippen molar-refractivity contribution < 1.29 is 64.3 Å². The molecule has 16 heavy (non-hydrogen) atoms. The van der Waals surface area contributed by atoms with E-state index in [0.717, 1.165) is 12.1 Å². The van der Waals surface area contributed by atoms with Gasteiger partial charge >= 0.3 is 58.4 Å². The van der Waals surface area contributed by atoms with Crippen LogP contribution in [0.15, 0.2) is 23.3 Å². The van der Waals surface area contributed by atoms with E-state index >= 15 is 0 Å². The minimum Gasteiger partial charge on any atom is -0.445 e. The van der Waals surface area contributed by atoms with Crippen LogP contribution in [0, 0.1) is 0 Å². The molecule has 0 radical (unpaired) electrons. The third kappa shape index (κ3) is 4.70. The van der Waals surface area contributed by atoms with Gasteiger partial charge in [0.05, 0.1) is 0 Å². The Kier molecular flexibility index (Phi) is 7.11. The summed E-state index contributed by atoms with van der Waals surface area (Å²) in [7, 11) is 0. The van der Waals surface area contributed by atoms with Gasteiger partial charge < -0.3 is 12.9 Å². The van der Waals surface area contributed by atoms with Crippen LogP contribution in [0.1, 0.15) is 5.56 Å². The summed E-state index contributed by atoms with van der Waals surface area (Å²) in [6, 6.07) is 3.20. The SMILES string of the molecule is [K+].[N-]=[N+]=Nc1cc(CS)cc([B-](F)(F)F)c1. The normalized spacial score (nSPS) is 10.2. The maximum absolute atomic E-state index is 12.4. The molecule has 0 N–H and O–H groups in total. The van der Waals surface area contributed by atoms with Crippen LogP contribution in [0.2, 0.25) is 0 Å². The van der Waals surface area contributed by atoms with Crippen LogP contribution in [0.3, 0.4) is 0 Å². The zero-order valence-electron chi connectivity index (χ0n) is 8.44. The molecule has 0 fully saturated rings. The zero-order chi connectivity index (χ0) is 11.5. The fraction of sp³-hybridized carbons (Fsp3) is 0.143. The number of nitrogens with zero attached hydrogens (tertiary/aromatic N) is 3. The molecular weight excluding hydrogens is 265 g/mol. The molecule has 0 bridgehead atoms. The van der Waals surface area contributed by atoms with Gasteiger partial charge in [0.2, 0.25) is 0 Å². The number of benzene rings is 1. The van der Waals surface area contributed by atoms with E-state index in [9.17, 15) is 12.9 Å². The molecule has 3 nitrogen and oxygen atoms in total. The van der Waals surface area contributed by atoms with Crippen LogP contribution in [-0.2, 0) is 5.75 Å². The van der Waals surface area contributed by atoms with E-state index in [2.05, 4.69) is 22.7 Å². The third-order valence-corrected chi connectivity index (χ3v) is 2.09. The van der Waals surface area contributed by atoms with Crippen LogP contribution in [0.4, 0.5) is 18.6 Å². The molecule has 0 atom stereocenters. The molecule has 0 aromatic heterocycles. The maximum atomic E-state index is 12.4. The first-order valence-electron chi connectivity index (χ1n) is 3.97. The Morgan fingerprint density at radius 1 is 1.31 bits per heavy atom. The molecule has 80 valence electrons. The average molecular weight is 271 g/mol. The molecule has 0 aliphatic rings. The molecule has 0 unspecified atom stereocenters.